The molecule has 8 nitrogen and oxygen atoms in total. The zero-order valence-electron chi connectivity index (χ0n) is 15.5. The fraction of sp³-hybridized carbons (Fsp3) is 0.474. The Kier molecular flexibility index (Phi) is 5.15. The summed E-state index contributed by atoms with van der Waals surface area (Å²) in [5, 5.41) is 12.1. The Morgan fingerprint density at radius 2 is 2.07 bits per heavy atom. The molecular weight excluding hydrogens is 344 g/mol. The zero-order chi connectivity index (χ0) is 18.6. The molecule has 0 aliphatic carbocycles. The molecule has 142 valence electrons. The highest BCUT2D eigenvalue weighted by atomic mass is 16.6. The lowest BCUT2D eigenvalue weighted by atomic mass is 10.1. The van der Waals surface area contributed by atoms with Crippen molar-refractivity contribution in [3.63, 3.8) is 0 Å². The monoisotopic (exact) mass is 368 g/mol. The van der Waals surface area contributed by atoms with Gasteiger partial charge in [0.25, 0.3) is 0 Å². The van der Waals surface area contributed by atoms with Crippen LogP contribution in [0.3, 0.4) is 0 Å². The molecular formula is C19H24N6O2. The minimum atomic E-state index is 0.223. The van der Waals surface area contributed by atoms with Gasteiger partial charge in [-0.15, -0.1) is 0 Å². The maximum absolute atomic E-state index is 12.6. The Morgan fingerprint density at radius 3 is 2.93 bits per heavy atom. The van der Waals surface area contributed by atoms with Crippen molar-refractivity contribution >= 4 is 16.9 Å². The highest BCUT2D eigenvalue weighted by Crippen LogP contribution is 2.18. The van der Waals surface area contributed by atoms with E-state index in [2.05, 4.69) is 26.4 Å². The fourth-order valence-corrected chi connectivity index (χ4v) is 3.65. The van der Waals surface area contributed by atoms with Crippen molar-refractivity contribution in [2.75, 3.05) is 26.2 Å². The molecule has 4 rings (SSSR count). The van der Waals surface area contributed by atoms with Gasteiger partial charge in [0.05, 0.1) is 0 Å². The highest BCUT2D eigenvalue weighted by Gasteiger charge is 2.20. The number of carbonyl (C=O) groups is 1. The largest absolute Gasteiger partial charge is 0.341 e. The number of fused-ring (bicyclic) bond motifs is 1. The van der Waals surface area contributed by atoms with E-state index >= 15 is 0 Å². The van der Waals surface area contributed by atoms with E-state index < -0.39 is 0 Å². The number of aromatic nitrogens is 4. The third kappa shape index (κ3) is 4.00. The Morgan fingerprint density at radius 1 is 1.15 bits per heavy atom. The minimum absolute atomic E-state index is 0.223. The van der Waals surface area contributed by atoms with Crippen molar-refractivity contribution in [3.8, 4) is 0 Å². The van der Waals surface area contributed by atoms with E-state index in [0.717, 1.165) is 67.9 Å². The summed E-state index contributed by atoms with van der Waals surface area (Å²) >= 11 is 0. The van der Waals surface area contributed by atoms with Crippen LogP contribution in [0.25, 0.3) is 11.0 Å². The predicted molar refractivity (Wildman–Crippen MR) is 99.8 cm³/mol. The third-order valence-corrected chi connectivity index (χ3v) is 5.22. The molecule has 0 radical (unpaired) electrons. The molecule has 0 saturated carbocycles. The first kappa shape index (κ1) is 17.7. The zero-order valence-corrected chi connectivity index (χ0v) is 15.5. The van der Waals surface area contributed by atoms with E-state index in [9.17, 15) is 4.79 Å². The number of hydrogen-bond donors (Lipinski definition) is 0. The first-order chi connectivity index (χ1) is 13.2. The second-order valence-electron chi connectivity index (χ2n) is 7.01. The molecule has 1 aliphatic heterocycles. The SMILES string of the molecule is Cn1nccc1CCC(=O)N1CCCN(Cc2cccc3nonc23)CC1. The molecule has 1 amide bonds. The molecule has 0 bridgehead atoms. The van der Waals surface area contributed by atoms with Crippen LogP contribution in [0, 0.1) is 0 Å². The second-order valence-corrected chi connectivity index (χ2v) is 7.01. The minimum Gasteiger partial charge on any atom is -0.341 e. The molecule has 0 N–H and O–H groups in total. The Balaban J connectivity index is 1.33. The van der Waals surface area contributed by atoms with Crippen molar-refractivity contribution in [3.05, 3.63) is 41.7 Å². The van der Waals surface area contributed by atoms with Gasteiger partial charge in [-0.1, -0.05) is 12.1 Å². The van der Waals surface area contributed by atoms with E-state index in [1.54, 1.807) is 6.20 Å². The normalized spacial score (nSPS) is 16.0. The molecule has 27 heavy (non-hydrogen) atoms. The molecule has 1 aromatic carbocycles. The van der Waals surface area contributed by atoms with Crippen LogP contribution in [-0.4, -0.2) is 62.0 Å². The van der Waals surface area contributed by atoms with Crippen molar-refractivity contribution in [1.29, 1.82) is 0 Å². The van der Waals surface area contributed by atoms with Crippen molar-refractivity contribution < 1.29 is 9.42 Å². The van der Waals surface area contributed by atoms with Crippen LogP contribution in [0.5, 0.6) is 0 Å². The van der Waals surface area contributed by atoms with Gasteiger partial charge < -0.3 is 4.90 Å². The molecule has 1 fully saturated rings. The van der Waals surface area contributed by atoms with Gasteiger partial charge >= 0.3 is 0 Å². The van der Waals surface area contributed by atoms with E-state index in [0.29, 0.717) is 6.42 Å². The average Bonchev–Trinajstić information content (AvgIpc) is 3.24. The molecule has 3 aromatic rings. The van der Waals surface area contributed by atoms with Gasteiger partial charge in [-0.05, 0) is 40.9 Å². The molecule has 0 unspecified atom stereocenters. The van der Waals surface area contributed by atoms with E-state index in [4.69, 9.17) is 4.63 Å². The Bertz CT molecular complexity index is 918. The second kappa shape index (κ2) is 7.87. The van der Waals surface area contributed by atoms with Crippen LogP contribution < -0.4 is 0 Å². The molecule has 0 spiro atoms. The van der Waals surface area contributed by atoms with Gasteiger partial charge in [-0.25, -0.2) is 4.63 Å². The van der Waals surface area contributed by atoms with Crippen molar-refractivity contribution in [1.82, 2.24) is 29.9 Å². The summed E-state index contributed by atoms with van der Waals surface area (Å²) in [6.07, 6.45) is 4.01. The Labute approximate surface area is 157 Å². The highest BCUT2D eigenvalue weighted by molar-refractivity contribution is 5.77. The van der Waals surface area contributed by atoms with Crippen LogP contribution in [-0.2, 0) is 24.8 Å². The van der Waals surface area contributed by atoms with Gasteiger partial charge in [0, 0.05) is 58.1 Å². The average molecular weight is 368 g/mol. The first-order valence-electron chi connectivity index (χ1n) is 9.38. The molecule has 8 heteroatoms. The van der Waals surface area contributed by atoms with Crippen LogP contribution in [0.2, 0.25) is 0 Å². The molecule has 3 heterocycles. The summed E-state index contributed by atoms with van der Waals surface area (Å²) in [4.78, 5) is 17.0. The van der Waals surface area contributed by atoms with Crippen LogP contribution in [0.15, 0.2) is 35.1 Å². The lowest BCUT2D eigenvalue weighted by Gasteiger charge is -2.22. The quantitative estimate of drug-likeness (QED) is 0.681. The number of nitrogens with zero attached hydrogens (tertiary/aromatic N) is 6. The standard InChI is InChI=1S/C19H24N6O2/c1-23-16(8-9-20-23)6-7-18(26)25-11-3-10-24(12-13-25)14-15-4-2-5-17-19(15)22-27-21-17/h2,4-5,8-9H,3,6-7,10-14H2,1H3. The number of carbonyl (C=O) groups excluding carboxylic acids is 1. The fourth-order valence-electron chi connectivity index (χ4n) is 3.65. The maximum Gasteiger partial charge on any atom is 0.223 e. The number of benzene rings is 1. The number of hydrogen-bond acceptors (Lipinski definition) is 6. The molecule has 2 aromatic heterocycles. The predicted octanol–water partition coefficient (Wildman–Crippen LogP) is 1.62. The summed E-state index contributed by atoms with van der Waals surface area (Å²) < 4.78 is 6.69. The third-order valence-electron chi connectivity index (χ3n) is 5.22. The summed E-state index contributed by atoms with van der Waals surface area (Å²) in [5.74, 6) is 0.223. The van der Waals surface area contributed by atoms with Crippen molar-refractivity contribution in [2.24, 2.45) is 7.05 Å². The summed E-state index contributed by atoms with van der Waals surface area (Å²) in [5.41, 5.74) is 3.82. The van der Waals surface area contributed by atoms with Gasteiger partial charge in [0.1, 0.15) is 11.0 Å². The van der Waals surface area contributed by atoms with Gasteiger partial charge in [-0.2, -0.15) is 5.10 Å². The number of aryl methyl sites for hydroxylation is 2. The smallest absolute Gasteiger partial charge is 0.223 e. The van der Waals surface area contributed by atoms with Crippen LogP contribution >= 0.6 is 0 Å². The molecule has 1 aliphatic rings. The lowest BCUT2D eigenvalue weighted by molar-refractivity contribution is -0.131. The van der Waals surface area contributed by atoms with Crippen LogP contribution in [0.4, 0.5) is 0 Å². The Hall–Kier alpha value is -2.74. The van der Waals surface area contributed by atoms with Gasteiger partial charge in [0.15, 0.2) is 0 Å². The summed E-state index contributed by atoms with van der Waals surface area (Å²) in [6.45, 7) is 4.20. The molecule has 1 saturated heterocycles. The lowest BCUT2D eigenvalue weighted by Crippen LogP contribution is -2.35. The van der Waals surface area contributed by atoms with Gasteiger partial charge in [-0.3, -0.25) is 14.4 Å². The number of rotatable bonds is 5. The topological polar surface area (TPSA) is 80.3 Å². The van der Waals surface area contributed by atoms with E-state index in [1.807, 2.05) is 34.8 Å². The van der Waals surface area contributed by atoms with Gasteiger partial charge in [0.2, 0.25) is 5.91 Å². The first-order valence-corrected chi connectivity index (χ1v) is 9.38. The molecule has 0 atom stereocenters. The summed E-state index contributed by atoms with van der Waals surface area (Å²) in [6, 6.07) is 7.92. The maximum atomic E-state index is 12.6. The number of amides is 1. The van der Waals surface area contributed by atoms with E-state index in [1.165, 1.54) is 0 Å². The van der Waals surface area contributed by atoms with E-state index in [-0.39, 0.29) is 5.91 Å². The van der Waals surface area contributed by atoms with Crippen molar-refractivity contribution in [2.45, 2.75) is 25.8 Å². The summed E-state index contributed by atoms with van der Waals surface area (Å²) in [7, 11) is 1.91. The van der Waals surface area contributed by atoms with Crippen LogP contribution in [0.1, 0.15) is 24.1 Å².